The Hall–Kier alpha value is -2.84. The first-order valence-corrected chi connectivity index (χ1v) is 6.24. The summed E-state index contributed by atoms with van der Waals surface area (Å²) in [7, 11) is 0. The van der Waals surface area contributed by atoms with Gasteiger partial charge >= 0.3 is 5.97 Å². The van der Waals surface area contributed by atoms with Crippen molar-refractivity contribution in [2.75, 3.05) is 5.32 Å². The Balaban J connectivity index is 2.32. The third kappa shape index (κ3) is 3.19. The first-order valence-electron chi connectivity index (χ1n) is 5.86. The molecule has 6 heteroatoms. The van der Waals surface area contributed by atoms with Crippen molar-refractivity contribution in [2.45, 2.75) is 0 Å². The third-order valence-electron chi connectivity index (χ3n) is 2.74. The van der Waals surface area contributed by atoms with Crippen molar-refractivity contribution < 1.29 is 14.7 Å². The van der Waals surface area contributed by atoms with E-state index in [4.69, 9.17) is 22.0 Å². The molecule has 1 amide bonds. The van der Waals surface area contributed by atoms with Crippen LogP contribution in [0.4, 0.5) is 5.69 Å². The predicted molar refractivity (Wildman–Crippen MR) is 77.5 cm³/mol. The molecule has 0 saturated heterocycles. The molecule has 21 heavy (non-hydrogen) atoms. The molecule has 5 nitrogen and oxygen atoms in total. The molecule has 104 valence electrons. The molecule has 2 rings (SSSR count). The van der Waals surface area contributed by atoms with E-state index >= 15 is 0 Å². The second-order valence-corrected chi connectivity index (χ2v) is 4.52. The van der Waals surface area contributed by atoms with Crippen molar-refractivity contribution in [3.05, 3.63) is 64.2 Å². The van der Waals surface area contributed by atoms with Crippen molar-refractivity contribution in [3.8, 4) is 6.07 Å². The lowest BCUT2D eigenvalue weighted by Gasteiger charge is -2.09. The van der Waals surface area contributed by atoms with Crippen LogP contribution in [0, 0.1) is 11.3 Å². The molecular formula is C15H9ClN2O3. The molecule has 0 fully saturated rings. The molecule has 0 aliphatic carbocycles. The van der Waals surface area contributed by atoms with E-state index in [2.05, 4.69) is 5.32 Å². The lowest BCUT2D eigenvalue weighted by atomic mass is 10.1. The molecule has 2 aromatic carbocycles. The zero-order chi connectivity index (χ0) is 15.4. The van der Waals surface area contributed by atoms with E-state index in [1.165, 1.54) is 18.2 Å². The first-order chi connectivity index (χ1) is 10.0. The minimum Gasteiger partial charge on any atom is -0.478 e. The Kier molecular flexibility index (Phi) is 4.21. The Morgan fingerprint density at radius 3 is 2.38 bits per heavy atom. The fourth-order valence-corrected chi connectivity index (χ4v) is 2.02. The average Bonchev–Trinajstić information content (AvgIpc) is 2.47. The molecule has 0 radical (unpaired) electrons. The summed E-state index contributed by atoms with van der Waals surface area (Å²) in [5.41, 5.74) is 0.622. The standard InChI is InChI=1S/C15H9ClN2O3/c16-12-3-1-2-11(15(20)21)13(12)14(19)18-10-6-4-9(8-17)5-7-10/h1-7H,(H,18,19)(H,20,21). The molecule has 0 saturated carbocycles. The molecular weight excluding hydrogens is 292 g/mol. The van der Waals surface area contributed by atoms with E-state index in [-0.39, 0.29) is 16.1 Å². The van der Waals surface area contributed by atoms with Crippen molar-refractivity contribution in [1.29, 1.82) is 5.26 Å². The molecule has 0 aliphatic rings. The highest BCUT2D eigenvalue weighted by Crippen LogP contribution is 2.22. The number of carboxylic acid groups (broad SMARTS) is 1. The Morgan fingerprint density at radius 2 is 1.81 bits per heavy atom. The largest absolute Gasteiger partial charge is 0.478 e. The first kappa shape index (κ1) is 14.6. The van der Waals surface area contributed by atoms with Crippen LogP contribution < -0.4 is 5.32 Å². The van der Waals surface area contributed by atoms with E-state index in [1.807, 2.05) is 6.07 Å². The van der Waals surface area contributed by atoms with Gasteiger partial charge in [-0.3, -0.25) is 4.79 Å². The number of nitrogens with one attached hydrogen (secondary N) is 1. The molecule has 0 spiro atoms. The SMILES string of the molecule is N#Cc1ccc(NC(=O)c2c(Cl)cccc2C(=O)O)cc1. The molecule has 0 heterocycles. The summed E-state index contributed by atoms with van der Waals surface area (Å²) in [4.78, 5) is 23.3. The van der Waals surface area contributed by atoms with Gasteiger partial charge in [0, 0.05) is 5.69 Å². The number of hydrogen-bond donors (Lipinski definition) is 2. The summed E-state index contributed by atoms with van der Waals surface area (Å²) in [6.07, 6.45) is 0. The van der Waals surface area contributed by atoms with Gasteiger partial charge in [0.2, 0.25) is 0 Å². The monoisotopic (exact) mass is 300 g/mol. The number of hydrogen-bond acceptors (Lipinski definition) is 3. The predicted octanol–water partition coefficient (Wildman–Crippen LogP) is 3.16. The molecule has 2 aromatic rings. The summed E-state index contributed by atoms with van der Waals surface area (Å²) >= 11 is 5.92. The van der Waals surface area contributed by atoms with Crippen molar-refractivity contribution in [1.82, 2.24) is 0 Å². The van der Waals surface area contributed by atoms with E-state index in [1.54, 1.807) is 24.3 Å². The number of aromatic carboxylic acids is 1. The summed E-state index contributed by atoms with van der Waals surface area (Å²) in [6, 6.07) is 12.4. The van der Waals surface area contributed by atoms with Crippen LogP contribution in [0.25, 0.3) is 0 Å². The summed E-state index contributed by atoms with van der Waals surface area (Å²) in [6.45, 7) is 0. The highest BCUT2D eigenvalue weighted by molar-refractivity contribution is 6.35. The molecule has 0 unspecified atom stereocenters. The summed E-state index contributed by atoms with van der Waals surface area (Å²) in [5, 5.41) is 20.4. The fraction of sp³-hybridized carbons (Fsp3) is 0. The van der Waals surface area contributed by atoms with Crippen LogP contribution in [0.2, 0.25) is 5.02 Å². The second-order valence-electron chi connectivity index (χ2n) is 4.11. The maximum atomic E-state index is 12.2. The number of carboxylic acids is 1. The van der Waals surface area contributed by atoms with Crippen LogP contribution in [0.1, 0.15) is 26.3 Å². The zero-order valence-corrected chi connectivity index (χ0v) is 11.4. The molecule has 2 N–H and O–H groups in total. The van der Waals surface area contributed by atoms with Gasteiger partial charge in [0.25, 0.3) is 5.91 Å². The number of amides is 1. The van der Waals surface area contributed by atoms with Gasteiger partial charge in [-0.05, 0) is 36.4 Å². The number of anilines is 1. The third-order valence-corrected chi connectivity index (χ3v) is 3.06. The number of carbonyl (C=O) groups is 2. The smallest absolute Gasteiger partial charge is 0.336 e. The molecule has 0 atom stereocenters. The van der Waals surface area contributed by atoms with Crippen molar-refractivity contribution in [3.63, 3.8) is 0 Å². The van der Waals surface area contributed by atoms with Gasteiger partial charge in [-0.2, -0.15) is 5.26 Å². The van der Waals surface area contributed by atoms with E-state index in [9.17, 15) is 9.59 Å². The fourth-order valence-electron chi connectivity index (χ4n) is 1.75. The Labute approximate surface area is 125 Å². The Bertz CT molecular complexity index is 749. The van der Waals surface area contributed by atoms with Gasteiger partial charge in [-0.15, -0.1) is 0 Å². The maximum Gasteiger partial charge on any atom is 0.336 e. The summed E-state index contributed by atoms with van der Waals surface area (Å²) in [5.74, 6) is -1.86. The number of carbonyl (C=O) groups excluding carboxylic acids is 1. The zero-order valence-electron chi connectivity index (χ0n) is 10.6. The van der Waals surface area contributed by atoms with Crippen LogP contribution in [0.3, 0.4) is 0 Å². The quantitative estimate of drug-likeness (QED) is 0.911. The lowest BCUT2D eigenvalue weighted by molar-refractivity contribution is 0.0692. The number of nitrogens with zero attached hydrogens (tertiary/aromatic N) is 1. The normalized spacial score (nSPS) is 9.71. The average molecular weight is 301 g/mol. The maximum absolute atomic E-state index is 12.2. The lowest BCUT2D eigenvalue weighted by Crippen LogP contribution is -2.17. The van der Waals surface area contributed by atoms with E-state index in [0.717, 1.165) is 0 Å². The van der Waals surface area contributed by atoms with Crippen LogP contribution in [-0.2, 0) is 0 Å². The topological polar surface area (TPSA) is 90.2 Å². The highest BCUT2D eigenvalue weighted by Gasteiger charge is 2.19. The number of nitriles is 1. The number of benzene rings is 2. The van der Waals surface area contributed by atoms with Crippen molar-refractivity contribution in [2.24, 2.45) is 0 Å². The van der Waals surface area contributed by atoms with Crippen LogP contribution in [0.15, 0.2) is 42.5 Å². The van der Waals surface area contributed by atoms with Gasteiger partial charge in [-0.25, -0.2) is 4.79 Å². The van der Waals surface area contributed by atoms with Crippen LogP contribution in [0.5, 0.6) is 0 Å². The van der Waals surface area contributed by atoms with E-state index < -0.39 is 11.9 Å². The number of rotatable bonds is 3. The highest BCUT2D eigenvalue weighted by atomic mass is 35.5. The number of halogens is 1. The van der Waals surface area contributed by atoms with Crippen LogP contribution >= 0.6 is 11.6 Å². The van der Waals surface area contributed by atoms with Crippen LogP contribution in [-0.4, -0.2) is 17.0 Å². The van der Waals surface area contributed by atoms with E-state index in [0.29, 0.717) is 11.3 Å². The molecule has 0 bridgehead atoms. The Morgan fingerprint density at radius 1 is 1.14 bits per heavy atom. The van der Waals surface area contributed by atoms with Gasteiger partial charge in [0.05, 0.1) is 27.8 Å². The summed E-state index contributed by atoms with van der Waals surface area (Å²) < 4.78 is 0. The van der Waals surface area contributed by atoms with Gasteiger partial charge in [0.1, 0.15) is 0 Å². The minimum absolute atomic E-state index is 0.0565. The van der Waals surface area contributed by atoms with Gasteiger partial charge in [-0.1, -0.05) is 17.7 Å². The molecule has 0 aromatic heterocycles. The second kappa shape index (κ2) is 6.07. The minimum atomic E-state index is -1.23. The molecule has 0 aliphatic heterocycles. The van der Waals surface area contributed by atoms with Gasteiger partial charge in [0.15, 0.2) is 0 Å². The van der Waals surface area contributed by atoms with Crippen molar-refractivity contribution >= 4 is 29.2 Å². The van der Waals surface area contributed by atoms with Gasteiger partial charge < -0.3 is 10.4 Å².